The Bertz CT molecular complexity index is 624. The van der Waals surface area contributed by atoms with E-state index in [2.05, 4.69) is 24.4 Å². The molecule has 156 valence electrons. The highest BCUT2D eigenvalue weighted by Gasteiger charge is 2.32. The maximum atomic E-state index is 11.0. The second-order valence-electron chi connectivity index (χ2n) is 6.48. The number of likely N-dealkylation sites (tertiary alicyclic amines) is 1. The molecule has 0 saturated carbocycles. The smallest absolute Gasteiger partial charge is 0.407 e. The summed E-state index contributed by atoms with van der Waals surface area (Å²) in [6, 6.07) is 10.6. The number of hydrogen-bond acceptors (Lipinski definition) is 5. The van der Waals surface area contributed by atoms with Gasteiger partial charge in [0.25, 0.3) is 0 Å². The minimum Gasteiger partial charge on any atom is -0.481 e. The number of carbonyl (C=O) groups is 3. The van der Waals surface area contributed by atoms with Gasteiger partial charge in [-0.05, 0) is 18.9 Å². The zero-order chi connectivity index (χ0) is 21.1. The Labute approximate surface area is 163 Å². The van der Waals surface area contributed by atoms with Crippen LogP contribution in [0.15, 0.2) is 30.3 Å². The van der Waals surface area contributed by atoms with Crippen molar-refractivity contribution in [2.24, 2.45) is 0 Å². The molecule has 9 nitrogen and oxygen atoms in total. The molecule has 3 atom stereocenters. The van der Waals surface area contributed by atoms with Crippen molar-refractivity contribution in [2.75, 3.05) is 20.2 Å². The lowest BCUT2D eigenvalue weighted by Crippen LogP contribution is -2.54. The summed E-state index contributed by atoms with van der Waals surface area (Å²) in [6.07, 6.45) is -0.806. The molecule has 9 heteroatoms. The minimum atomic E-state index is -1.08. The summed E-state index contributed by atoms with van der Waals surface area (Å²) < 4.78 is 5.45. The van der Waals surface area contributed by atoms with E-state index in [9.17, 15) is 14.4 Å². The molecule has 4 N–H and O–H groups in total. The molecule has 1 amide bonds. The Morgan fingerprint density at radius 2 is 1.71 bits per heavy atom. The van der Waals surface area contributed by atoms with Crippen LogP contribution in [-0.2, 0) is 14.3 Å². The monoisotopic (exact) mass is 396 g/mol. The predicted octanol–water partition coefficient (Wildman–Crippen LogP) is 2.04. The molecule has 1 fully saturated rings. The molecule has 28 heavy (non-hydrogen) atoms. The Kier molecular flexibility index (Phi) is 9.97. The summed E-state index contributed by atoms with van der Waals surface area (Å²) in [5.41, 5.74) is 1.23. The number of rotatable bonds is 7. The molecular weight excluding hydrogens is 368 g/mol. The average molecular weight is 396 g/mol. The van der Waals surface area contributed by atoms with Crippen molar-refractivity contribution >= 4 is 18.0 Å². The summed E-state index contributed by atoms with van der Waals surface area (Å²) in [7, 11) is 1.64. The number of methoxy groups -OCH3 is 1. The van der Waals surface area contributed by atoms with Gasteiger partial charge < -0.3 is 30.3 Å². The lowest BCUT2D eigenvalue weighted by molar-refractivity contribution is -0.143. The summed E-state index contributed by atoms with van der Waals surface area (Å²) >= 11 is 0. The van der Waals surface area contributed by atoms with Gasteiger partial charge in [-0.15, -0.1) is 0 Å². The minimum absolute atomic E-state index is 0.106. The van der Waals surface area contributed by atoms with E-state index in [0.29, 0.717) is 13.1 Å². The number of hydrogen-bond donors (Lipinski definition) is 4. The first-order valence-electron chi connectivity index (χ1n) is 8.99. The second kappa shape index (κ2) is 11.9. The van der Waals surface area contributed by atoms with Crippen LogP contribution in [0.1, 0.15) is 37.8 Å². The number of piperidine rings is 1. The topological polar surface area (TPSA) is 136 Å². The first-order valence-corrected chi connectivity index (χ1v) is 8.99. The molecular formula is C19H28N2O7. The zero-order valence-corrected chi connectivity index (χ0v) is 16.1. The molecule has 0 unspecified atom stereocenters. The molecule has 1 aliphatic heterocycles. The highest BCUT2D eigenvalue weighted by Crippen LogP contribution is 2.19. The van der Waals surface area contributed by atoms with Gasteiger partial charge in [0.15, 0.2) is 0 Å². The number of amides is 1. The molecule has 1 saturated heterocycles. The third-order valence-electron chi connectivity index (χ3n) is 4.45. The van der Waals surface area contributed by atoms with Gasteiger partial charge in [-0.25, -0.2) is 4.79 Å². The number of benzene rings is 1. The van der Waals surface area contributed by atoms with E-state index in [1.165, 1.54) is 10.5 Å². The van der Waals surface area contributed by atoms with Crippen molar-refractivity contribution in [2.45, 2.75) is 44.4 Å². The van der Waals surface area contributed by atoms with Crippen LogP contribution in [0, 0.1) is 0 Å². The molecule has 0 aliphatic carbocycles. The van der Waals surface area contributed by atoms with Gasteiger partial charge in [0.1, 0.15) is 0 Å². The van der Waals surface area contributed by atoms with Crippen molar-refractivity contribution in [1.29, 1.82) is 0 Å². The van der Waals surface area contributed by atoms with Crippen molar-refractivity contribution in [3.05, 3.63) is 35.9 Å². The largest absolute Gasteiger partial charge is 0.481 e. The maximum Gasteiger partial charge on any atom is 0.407 e. The molecule has 0 spiro atoms. The summed E-state index contributed by atoms with van der Waals surface area (Å²) in [4.78, 5) is 31.7. The number of aliphatic carboxylic acids is 2. The highest BCUT2D eigenvalue weighted by molar-refractivity contribution is 5.75. The first-order chi connectivity index (χ1) is 13.2. The number of nitrogens with zero attached hydrogens (tertiary/aromatic N) is 1. The normalized spacial score (nSPS) is 19.9. The standard InChI is InChI=1S/C15H22N2O3.C4H6O4/c1-11(12-6-4-3-5-7-12)16-13-8-9-17(15(18)19)10-14(13)20-2;5-3(6)1-2-4(7)8/h3-7,11,13-14,16H,8-10H2,1-2H3,(H,18,19);1-2H2,(H,5,6)(H,7,8)/t11-,13-,14+;/m1./s1. The predicted molar refractivity (Wildman–Crippen MR) is 101 cm³/mol. The Hall–Kier alpha value is -2.65. The SMILES string of the molecule is CO[C@H]1CN(C(=O)O)CC[C@H]1N[C@H](C)c1ccccc1.O=C(O)CCC(=O)O. The summed E-state index contributed by atoms with van der Waals surface area (Å²) in [5, 5.41) is 28.4. The van der Waals surface area contributed by atoms with Crippen LogP contribution < -0.4 is 5.32 Å². The van der Waals surface area contributed by atoms with Gasteiger partial charge in [-0.3, -0.25) is 9.59 Å². The Morgan fingerprint density at radius 1 is 1.14 bits per heavy atom. The third-order valence-corrected chi connectivity index (χ3v) is 4.45. The lowest BCUT2D eigenvalue weighted by Gasteiger charge is -2.38. The van der Waals surface area contributed by atoms with E-state index in [0.717, 1.165) is 6.42 Å². The van der Waals surface area contributed by atoms with Gasteiger partial charge in [0.2, 0.25) is 0 Å². The number of carboxylic acid groups (broad SMARTS) is 3. The molecule has 2 rings (SSSR count). The van der Waals surface area contributed by atoms with Crippen molar-refractivity contribution in [3.63, 3.8) is 0 Å². The molecule has 1 aliphatic rings. The van der Waals surface area contributed by atoms with Gasteiger partial charge in [-0.1, -0.05) is 30.3 Å². The number of nitrogens with one attached hydrogen (secondary N) is 1. The third kappa shape index (κ3) is 8.36. The van der Waals surface area contributed by atoms with E-state index < -0.39 is 18.0 Å². The number of ether oxygens (including phenoxy) is 1. The highest BCUT2D eigenvalue weighted by atomic mass is 16.5. The van der Waals surface area contributed by atoms with Gasteiger partial charge in [0, 0.05) is 25.7 Å². The van der Waals surface area contributed by atoms with Crippen LogP contribution in [0.5, 0.6) is 0 Å². The lowest BCUT2D eigenvalue weighted by atomic mass is 9.99. The maximum absolute atomic E-state index is 11.0. The summed E-state index contributed by atoms with van der Waals surface area (Å²) in [5.74, 6) is -2.15. The molecule has 1 heterocycles. The van der Waals surface area contributed by atoms with Gasteiger partial charge in [-0.2, -0.15) is 0 Å². The molecule has 0 radical (unpaired) electrons. The van der Waals surface area contributed by atoms with Crippen LogP contribution >= 0.6 is 0 Å². The molecule has 0 bridgehead atoms. The van der Waals surface area contributed by atoms with E-state index in [-0.39, 0.29) is 31.0 Å². The fourth-order valence-electron chi connectivity index (χ4n) is 2.89. The Balaban J connectivity index is 0.000000416. The molecule has 1 aromatic carbocycles. The first kappa shape index (κ1) is 23.4. The quantitative estimate of drug-likeness (QED) is 0.550. The second-order valence-corrected chi connectivity index (χ2v) is 6.48. The van der Waals surface area contributed by atoms with Crippen LogP contribution in [0.25, 0.3) is 0 Å². The van der Waals surface area contributed by atoms with Crippen LogP contribution in [0.3, 0.4) is 0 Å². The van der Waals surface area contributed by atoms with Crippen molar-refractivity contribution in [1.82, 2.24) is 10.2 Å². The summed E-state index contributed by atoms with van der Waals surface area (Å²) in [6.45, 7) is 3.09. The van der Waals surface area contributed by atoms with E-state index >= 15 is 0 Å². The van der Waals surface area contributed by atoms with Crippen LogP contribution in [0.4, 0.5) is 4.79 Å². The fraction of sp³-hybridized carbons (Fsp3) is 0.526. The van der Waals surface area contributed by atoms with Crippen LogP contribution in [-0.4, -0.2) is 70.6 Å². The fourth-order valence-corrected chi connectivity index (χ4v) is 2.89. The van der Waals surface area contributed by atoms with Crippen molar-refractivity contribution in [3.8, 4) is 0 Å². The van der Waals surface area contributed by atoms with Gasteiger partial charge in [0.05, 0.1) is 25.5 Å². The van der Waals surface area contributed by atoms with Gasteiger partial charge >= 0.3 is 18.0 Å². The zero-order valence-electron chi connectivity index (χ0n) is 16.1. The molecule has 0 aromatic heterocycles. The van der Waals surface area contributed by atoms with E-state index in [1.54, 1.807) is 7.11 Å². The van der Waals surface area contributed by atoms with E-state index in [1.807, 2.05) is 18.2 Å². The Morgan fingerprint density at radius 3 is 2.18 bits per heavy atom. The molecule has 1 aromatic rings. The number of carboxylic acids is 2. The van der Waals surface area contributed by atoms with Crippen molar-refractivity contribution < 1.29 is 34.4 Å². The van der Waals surface area contributed by atoms with Crippen LogP contribution in [0.2, 0.25) is 0 Å². The average Bonchev–Trinajstić information content (AvgIpc) is 2.67. The van der Waals surface area contributed by atoms with E-state index in [4.69, 9.17) is 20.1 Å².